The molecule has 0 radical (unpaired) electrons. The highest BCUT2D eigenvalue weighted by atomic mass is 31.1. The van der Waals surface area contributed by atoms with E-state index in [9.17, 15) is 14.2 Å². The molecule has 0 aromatic carbocycles. The molecule has 1 aliphatic rings. The predicted octanol–water partition coefficient (Wildman–Crippen LogP) is 0.825. The molecule has 1 aliphatic heterocycles. The third-order valence-corrected chi connectivity index (χ3v) is 4.47. The molecule has 0 bridgehead atoms. The highest BCUT2D eigenvalue weighted by Crippen LogP contribution is 2.20. The molecule has 140 valence electrons. The van der Waals surface area contributed by atoms with Crippen molar-refractivity contribution in [3.8, 4) is 0 Å². The van der Waals surface area contributed by atoms with E-state index >= 15 is 0 Å². The highest BCUT2D eigenvalue weighted by molar-refractivity contribution is 7.32. The lowest BCUT2D eigenvalue weighted by Crippen LogP contribution is -2.46. The Hall–Kier alpha value is -0.950. The van der Waals surface area contributed by atoms with Crippen molar-refractivity contribution in [1.82, 2.24) is 10.2 Å². The van der Waals surface area contributed by atoms with Gasteiger partial charge in [0.05, 0.1) is 6.61 Å². The van der Waals surface area contributed by atoms with Gasteiger partial charge >= 0.3 is 8.25 Å². The fourth-order valence-corrected chi connectivity index (χ4v) is 3.08. The molecule has 1 heterocycles. The minimum absolute atomic E-state index is 0.0142. The number of nitrogens with one attached hydrogen (secondary N) is 1. The number of likely N-dealkylation sites (tertiary alicyclic amines) is 1. The van der Waals surface area contributed by atoms with E-state index in [0.717, 1.165) is 19.3 Å². The molecule has 9 heteroatoms. The fraction of sp³-hybridized carbons (Fsp3) is 0.867. The summed E-state index contributed by atoms with van der Waals surface area (Å²) in [5.74, 6) is -0.125. The van der Waals surface area contributed by atoms with Gasteiger partial charge in [0.2, 0.25) is 11.8 Å². The standard InChI is InChI=1S/C15H29N2O6P/c18-11-4-3-9-16-15(20)13-7-6-10-17(13)14(19)8-2-1-5-12-23-24(21)22/h13,18,24H,1-12H2,(H,16,20)(H,21,22)/t13-/m0/s1. The minimum Gasteiger partial charge on any atom is -0.396 e. The summed E-state index contributed by atoms with van der Waals surface area (Å²) < 4.78 is 15.0. The van der Waals surface area contributed by atoms with Crippen LogP contribution in [-0.2, 0) is 18.7 Å². The van der Waals surface area contributed by atoms with Crippen LogP contribution in [0.1, 0.15) is 51.4 Å². The van der Waals surface area contributed by atoms with E-state index < -0.39 is 8.25 Å². The van der Waals surface area contributed by atoms with Crippen LogP contribution >= 0.6 is 8.25 Å². The number of nitrogens with zero attached hydrogens (tertiary/aromatic N) is 1. The highest BCUT2D eigenvalue weighted by Gasteiger charge is 2.33. The summed E-state index contributed by atoms with van der Waals surface area (Å²) in [4.78, 5) is 34.6. The summed E-state index contributed by atoms with van der Waals surface area (Å²) in [6.45, 7) is 1.48. The first-order valence-electron chi connectivity index (χ1n) is 8.60. The summed E-state index contributed by atoms with van der Waals surface area (Å²) in [5.41, 5.74) is 0. The second kappa shape index (κ2) is 12.4. The average Bonchev–Trinajstić information content (AvgIpc) is 3.04. The monoisotopic (exact) mass is 364 g/mol. The Kier molecular flexibility index (Phi) is 10.9. The lowest BCUT2D eigenvalue weighted by molar-refractivity contribution is -0.138. The molecule has 0 aromatic rings. The molecule has 1 rings (SSSR count). The van der Waals surface area contributed by atoms with Gasteiger partial charge in [-0.15, -0.1) is 0 Å². The number of hydrogen-bond acceptors (Lipinski definition) is 5. The molecule has 0 aromatic heterocycles. The number of hydrogen-bond donors (Lipinski definition) is 3. The molecule has 0 aliphatic carbocycles. The van der Waals surface area contributed by atoms with Crippen LogP contribution in [0.4, 0.5) is 0 Å². The molecule has 0 saturated carbocycles. The zero-order valence-corrected chi connectivity index (χ0v) is 15.0. The Morgan fingerprint density at radius 3 is 2.71 bits per heavy atom. The topological polar surface area (TPSA) is 116 Å². The van der Waals surface area contributed by atoms with E-state index in [2.05, 4.69) is 9.84 Å². The molecule has 1 fully saturated rings. The number of carbonyl (C=O) groups is 2. The third kappa shape index (κ3) is 8.24. The SMILES string of the molecule is O=C(NCCCCO)[C@@H]1CCCN1C(=O)CCCCCO[PH](=O)O. The maximum Gasteiger partial charge on any atom is 0.316 e. The van der Waals surface area contributed by atoms with Crippen LogP contribution in [0.25, 0.3) is 0 Å². The molecule has 2 amide bonds. The second-order valence-electron chi connectivity index (χ2n) is 5.89. The zero-order chi connectivity index (χ0) is 17.8. The Bertz CT molecular complexity index is 421. The molecule has 0 spiro atoms. The molecular formula is C15H29N2O6P. The van der Waals surface area contributed by atoms with Crippen LogP contribution in [0, 0.1) is 0 Å². The zero-order valence-electron chi connectivity index (χ0n) is 14.0. The van der Waals surface area contributed by atoms with Gasteiger partial charge in [0.15, 0.2) is 0 Å². The number of rotatable bonds is 12. The normalized spacial score (nSPS) is 18.6. The average molecular weight is 364 g/mol. The van der Waals surface area contributed by atoms with E-state index in [1.165, 1.54) is 0 Å². The van der Waals surface area contributed by atoms with Crippen molar-refractivity contribution in [1.29, 1.82) is 0 Å². The van der Waals surface area contributed by atoms with Crippen molar-refractivity contribution in [3.63, 3.8) is 0 Å². The van der Waals surface area contributed by atoms with E-state index in [-0.39, 0.29) is 31.1 Å². The summed E-state index contributed by atoms with van der Waals surface area (Å²) in [6, 6.07) is -0.380. The van der Waals surface area contributed by atoms with Crippen LogP contribution in [0.2, 0.25) is 0 Å². The molecular weight excluding hydrogens is 335 g/mol. The second-order valence-corrected chi connectivity index (χ2v) is 6.71. The van der Waals surface area contributed by atoms with Gasteiger partial charge in [0.1, 0.15) is 6.04 Å². The minimum atomic E-state index is -2.86. The maximum absolute atomic E-state index is 12.3. The van der Waals surface area contributed by atoms with E-state index in [4.69, 9.17) is 10.00 Å². The molecule has 24 heavy (non-hydrogen) atoms. The first kappa shape index (κ1) is 21.1. The number of aliphatic hydroxyl groups is 1. The Labute approximate surface area is 143 Å². The van der Waals surface area contributed by atoms with Gasteiger partial charge < -0.3 is 24.7 Å². The smallest absolute Gasteiger partial charge is 0.316 e. The summed E-state index contributed by atoms with van der Waals surface area (Å²) in [5, 5.41) is 11.5. The van der Waals surface area contributed by atoms with Crippen molar-refractivity contribution in [2.75, 3.05) is 26.3 Å². The van der Waals surface area contributed by atoms with Crippen LogP contribution in [-0.4, -0.2) is 59.1 Å². The van der Waals surface area contributed by atoms with Gasteiger partial charge in [-0.2, -0.15) is 0 Å². The summed E-state index contributed by atoms with van der Waals surface area (Å²) in [6.07, 6.45) is 5.34. The number of unbranched alkanes of at least 4 members (excludes halogenated alkanes) is 3. The van der Waals surface area contributed by atoms with Crippen molar-refractivity contribution in [2.45, 2.75) is 57.4 Å². The largest absolute Gasteiger partial charge is 0.396 e. The predicted molar refractivity (Wildman–Crippen MR) is 89.7 cm³/mol. The number of carbonyl (C=O) groups excluding carboxylic acids is 2. The van der Waals surface area contributed by atoms with Crippen LogP contribution in [0.5, 0.6) is 0 Å². The molecule has 2 atom stereocenters. The third-order valence-electron chi connectivity index (χ3n) is 4.02. The van der Waals surface area contributed by atoms with Gasteiger partial charge in [-0.05, 0) is 38.5 Å². The van der Waals surface area contributed by atoms with Crippen LogP contribution in [0.15, 0.2) is 0 Å². The quantitative estimate of drug-likeness (QED) is 0.349. The first-order chi connectivity index (χ1) is 11.6. The van der Waals surface area contributed by atoms with Crippen molar-refractivity contribution in [3.05, 3.63) is 0 Å². The van der Waals surface area contributed by atoms with Gasteiger partial charge in [-0.3, -0.25) is 14.2 Å². The first-order valence-corrected chi connectivity index (χ1v) is 9.86. The number of aliphatic hydroxyl groups excluding tert-OH is 1. The molecule has 3 N–H and O–H groups in total. The van der Waals surface area contributed by atoms with Gasteiger partial charge in [-0.25, -0.2) is 0 Å². The summed E-state index contributed by atoms with van der Waals surface area (Å²) in [7, 11) is -2.86. The molecule has 8 nitrogen and oxygen atoms in total. The van der Waals surface area contributed by atoms with Gasteiger partial charge in [-0.1, -0.05) is 6.42 Å². The van der Waals surface area contributed by atoms with Crippen molar-refractivity contribution >= 4 is 20.1 Å². The van der Waals surface area contributed by atoms with Crippen LogP contribution in [0.3, 0.4) is 0 Å². The summed E-state index contributed by atoms with van der Waals surface area (Å²) >= 11 is 0. The van der Waals surface area contributed by atoms with E-state index in [1.807, 2.05) is 0 Å². The molecule has 1 unspecified atom stereocenters. The molecule has 1 saturated heterocycles. The van der Waals surface area contributed by atoms with Crippen LogP contribution < -0.4 is 5.32 Å². The lowest BCUT2D eigenvalue weighted by Gasteiger charge is -2.24. The Balaban J connectivity index is 2.24. The van der Waals surface area contributed by atoms with Crippen molar-refractivity contribution in [2.24, 2.45) is 0 Å². The van der Waals surface area contributed by atoms with Crippen molar-refractivity contribution < 1.29 is 28.7 Å². The lowest BCUT2D eigenvalue weighted by atomic mass is 10.1. The van der Waals surface area contributed by atoms with E-state index in [0.29, 0.717) is 45.2 Å². The Morgan fingerprint density at radius 2 is 2.00 bits per heavy atom. The Morgan fingerprint density at radius 1 is 1.21 bits per heavy atom. The van der Waals surface area contributed by atoms with Gasteiger partial charge in [0.25, 0.3) is 0 Å². The van der Waals surface area contributed by atoms with Gasteiger partial charge in [0, 0.05) is 26.1 Å². The maximum atomic E-state index is 12.3. The number of amides is 2. The van der Waals surface area contributed by atoms with E-state index in [1.54, 1.807) is 4.90 Å². The fourth-order valence-electron chi connectivity index (χ4n) is 2.76.